The Morgan fingerprint density at radius 2 is 2.08 bits per heavy atom. The van der Waals surface area contributed by atoms with Crippen LogP contribution < -0.4 is 4.80 Å². The first-order valence-corrected chi connectivity index (χ1v) is 8.46. The van der Waals surface area contributed by atoms with E-state index in [0.717, 1.165) is 21.6 Å². The number of thiazole rings is 1. The zero-order valence-electron chi connectivity index (χ0n) is 13.4. The standard InChI is InChI=1S/C18H18N4OS/c1-23-11-10-20-18-22(21-13-15-6-5-9-19-12-15)17(14-24-18)16-7-3-2-4-8-16/h2-9,12-14H,10-11H2,1H3/b20-18?,21-13-. The monoisotopic (exact) mass is 338 g/mol. The summed E-state index contributed by atoms with van der Waals surface area (Å²) in [7, 11) is 1.67. The van der Waals surface area contributed by atoms with Crippen molar-refractivity contribution in [3.63, 3.8) is 0 Å². The van der Waals surface area contributed by atoms with Gasteiger partial charge in [-0.15, -0.1) is 11.3 Å². The quantitative estimate of drug-likeness (QED) is 0.512. The maximum atomic E-state index is 5.08. The summed E-state index contributed by atoms with van der Waals surface area (Å²) >= 11 is 1.57. The number of pyridine rings is 1. The minimum Gasteiger partial charge on any atom is -0.383 e. The van der Waals surface area contributed by atoms with E-state index in [4.69, 9.17) is 4.74 Å². The summed E-state index contributed by atoms with van der Waals surface area (Å²) in [6.45, 7) is 1.19. The molecule has 1 aromatic carbocycles. The highest BCUT2D eigenvalue weighted by Crippen LogP contribution is 2.19. The molecule has 0 atom stereocenters. The molecule has 2 aromatic heterocycles. The van der Waals surface area contributed by atoms with Crippen LogP contribution >= 0.6 is 11.3 Å². The molecule has 0 saturated carbocycles. The van der Waals surface area contributed by atoms with E-state index in [1.165, 1.54) is 0 Å². The van der Waals surface area contributed by atoms with E-state index < -0.39 is 0 Å². The van der Waals surface area contributed by atoms with Crippen molar-refractivity contribution < 1.29 is 4.74 Å². The van der Waals surface area contributed by atoms with Gasteiger partial charge in [-0.1, -0.05) is 36.4 Å². The number of rotatable bonds is 6. The topological polar surface area (TPSA) is 51.8 Å². The Morgan fingerprint density at radius 1 is 1.21 bits per heavy atom. The molecule has 0 N–H and O–H groups in total. The molecule has 0 bridgehead atoms. The lowest BCUT2D eigenvalue weighted by Crippen LogP contribution is -2.13. The first-order chi connectivity index (χ1) is 11.9. The molecular weight excluding hydrogens is 320 g/mol. The fourth-order valence-electron chi connectivity index (χ4n) is 2.14. The number of methoxy groups -OCH3 is 1. The largest absolute Gasteiger partial charge is 0.383 e. The molecule has 2 heterocycles. The highest BCUT2D eigenvalue weighted by molar-refractivity contribution is 7.07. The van der Waals surface area contributed by atoms with Gasteiger partial charge >= 0.3 is 0 Å². The second-order valence-electron chi connectivity index (χ2n) is 4.99. The van der Waals surface area contributed by atoms with Crippen LogP contribution in [-0.4, -0.2) is 36.1 Å². The van der Waals surface area contributed by atoms with Gasteiger partial charge in [-0.2, -0.15) is 5.10 Å². The van der Waals surface area contributed by atoms with Crippen molar-refractivity contribution >= 4 is 17.6 Å². The average Bonchev–Trinajstić information content (AvgIpc) is 3.05. The van der Waals surface area contributed by atoms with Gasteiger partial charge in [-0.05, 0) is 6.07 Å². The van der Waals surface area contributed by atoms with Crippen molar-refractivity contribution in [2.24, 2.45) is 10.1 Å². The van der Waals surface area contributed by atoms with Crippen LogP contribution in [0.4, 0.5) is 0 Å². The van der Waals surface area contributed by atoms with Gasteiger partial charge in [0.2, 0.25) is 4.80 Å². The fourth-order valence-corrected chi connectivity index (χ4v) is 3.00. The smallest absolute Gasteiger partial charge is 0.206 e. The van der Waals surface area contributed by atoms with Crippen molar-refractivity contribution in [3.05, 3.63) is 70.6 Å². The Hall–Kier alpha value is -2.57. The predicted molar refractivity (Wildman–Crippen MR) is 97.3 cm³/mol. The van der Waals surface area contributed by atoms with Gasteiger partial charge in [0.1, 0.15) is 0 Å². The molecule has 24 heavy (non-hydrogen) atoms. The molecule has 0 radical (unpaired) electrons. The van der Waals surface area contributed by atoms with Crippen LogP contribution in [0.2, 0.25) is 0 Å². The lowest BCUT2D eigenvalue weighted by molar-refractivity contribution is 0.207. The third-order valence-electron chi connectivity index (χ3n) is 3.30. The third-order valence-corrected chi connectivity index (χ3v) is 4.16. The fraction of sp³-hybridized carbons (Fsp3) is 0.167. The highest BCUT2D eigenvalue weighted by Gasteiger charge is 2.06. The molecule has 0 unspecified atom stereocenters. The van der Waals surface area contributed by atoms with Gasteiger partial charge in [0.15, 0.2) is 0 Å². The Bertz CT molecular complexity index is 853. The number of aromatic nitrogens is 2. The third kappa shape index (κ3) is 4.04. The zero-order chi connectivity index (χ0) is 16.6. The van der Waals surface area contributed by atoms with Crippen molar-refractivity contribution in [1.29, 1.82) is 0 Å². The van der Waals surface area contributed by atoms with Gasteiger partial charge in [-0.3, -0.25) is 9.98 Å². The van der Waals surface area contributed by atoms with Gasteiger partial charge in [-0.25, -0.2) is 4.68 Å². The highest BCUT2D eigenvalue weighted by atomic mass is 32.1. The molecule has 0 amide bonds. The summed E-state index contributed by atoms with van der Waals surface area (Å²) in [5, 5.41) is 6.69. The molecule has 5 nitrogen and oxygen atoms in total. The van der Waals surface area contributed by atoms with E-state index in [-0.39, 0.29) is 0 Å². The van der Waals surface area contributed by atoms with E-state index in [0.29, 0.717) is 13.2 Å². The number of ether oxygens (including phenoxy) is 1. The molecule has 0 spiro atoms. The number of hydrogen-bond acceptors (Lipinski definition) is 5. The molecule has 0 saturated heterocycles. The van der Waals surface area contributed by atoms with Gasteiger partial charge < -0.3 is 4.74 Å². The van der Waals surface area contributed by atoms with E-state index in [2.05, 4.69) is 32.6 Å². The van der Waals surface area contributed by atoms with E-state index in [1.54, 1.807) is 37.1 Å². The molecule has 6 heteroatoms. The van der Waals surface area contributed by atoms with Crippen LogP contribution in [-0.2, 0) is 4.74 Å². The molecule has 0 fully saturated rings. The summed E-state index contributed by atoms with van der Waals surface area (Å²) < 4.78 is 6.94. The van der Waals surface area contributed by atoms with Crippen LogP contribution in [0.15, 0.2) is 70.3 Å². The van der Waals surface area contributed by atoms with Crippen LogP contribution in [0.1, 0.15) is 5.56 Å². The van der Waals surface area contributed by atoms with Crippen LogP contribution in [0, 0.1) is 0 Å². The lowest BCUT2D eigenvalue weighted by Gasteiger charge is -2.03. The summed E-state index contributed by atoms with van der Waals surface area (Å²) in [6.07, 6.45) is 5.32. The Balaban J connectivity index is 2.01. The van der Waals surface area contributed by atoms with Crippen LogP contribution in [0.5, 0.6) is 0 Å². The Labute approximate surface area is 144 Å². The average molecular weight is 338 g/mol. The SMILES string of the molecule is COCCN=c1scc(-c2ccccc2)n1/N=C\c1cccnc1. The van der Waals surface area contributed by atoms with Crippen molar-refractivity contribution in [2.75, 3.05) is 20.3 Å². The molecule has 0 aliphatic heterocycles. The zero-order valence-corrected chi connectivity index (χ0v) is 14.2. The minimum absolute atomic E-state index is 0.588. The predicted octanol–water partition coefficient (Wildman–Crippen LogP) is 3.04. The van der Waals surface area contributed by atoms with E-state index in [9.17, 15) is 0 Å². The van der Waals surface area contributed by atoms with Gasteiger partial charge in [0, 0.05) is 36.0 Å². The first-order valence-electron chi connectivity index (χ1n) is 7.58. The number of benzene rings is 1. The summed E-state index contributed by atoms with van der Waals surface area (Å²) in [4.78, 5) is 9.53. The summed E-state index contributed by atoms with van der Waals surface area (Å²) in [5.74, 6) is 0. The maximum absolute atomic E-state index is 5.08. The maximum Gasteiger partial charge on any atom is 0.206 e. The summed E-state index contributed by atoms with van der Waals surface area (Å²) in [5.41, 5.74) is 3.06. The van der Waals surface area contributed by atoms with Gasteiger partial charge in [0.05, 0.1) is 25.1 Å². The molecule has 3 rings (SSSR count). The van der Waals surface area contributed by atoms with Crippen LogP contribution in [0.25, 0.3) is 11.3 Å². The van der Waals surface area contributed by atoms with Crippen molar-refractivity contribution in [2.45, 2.75) is 0 Å². The number of nitrogens with zero attached hydrogens (tertiary/aromatic N) is 4. The van der Waals surface area contributed by atoms with E-state index >= 15 is 0 Å². The first kappa shape index (κ1) is 16.3. The minimum atomic E-state index is 0.588. The Kier molecular flexibility index (Phi) is 5.65. The van der Waals surface area contributed by atoms with Crippen LogP contribution in [0.3, 0.4) is 0 Å². The van der Waals surface area contributed by atoms with E-state index in [1.807, 2.05) is 35.0 Å². The molecule has 0 aliphatic carbocycles. The molecule has 0 aliphatic rings. The van der Waals surface area contributed by atoms with Crippen molar-refractivity contribution in [1.82, 2.24) is 9.66 Å². The second kappa shape index (κ2) is 8.33. The Morgan fingerprint density at radius 3 is 2.83 bits per heavy atom. The van der Waals surface area contributed by atoms with Crippen molar-refractivity contribution in [3.8, 4) is 11.3 Å². The number of hydrogen-bond donors (Lipinski definition) is 0. The lowest BCUT2D eigenvalue weighted by atomic mass is 10.2. The molecular formula is C18H18N4OS. The second-order valence-corrected chi connectivity index (χ2v) is 5.82. The van der Waals surface area contributed by atoms with Gasteiger partial charge in [0.25, 0.3) is 0 Å². The summed E-state index contributed by atoms with van der Waals surface area (Å²) in [6, 6.07) is 14.0. The normalized spacial score (nSPS) is 12.1. The molecule has 3 aromatic rings. The molecule has 122 valence electrons.